The fraction of sp³-hybridized carbons (Fsp3) is 0.455. The molecule has 1 saturated carbocycles. The fourth-order valence-electron chi connectivity index (χ4n) is 4.07. The summed E-state index contributed by atoms with van der Waals surface area (Å²) in [5.74, 6) is 0.0323. The summed E-state index contributed by atoms with van der Waals surface area (Å²) in [4.78, 5) is 26.8. The first-order valence-corrected chi connectivity index (χ1v) is 11.0. The molecule has 1 fully saturated rings. The molecule has 0 saturated heterocycles. The number of aliphatic hydroxyl groups is 1. The highest BCUT2D eigenvalue weighted by molar-refractivity contribution is 7.12. The Morgan fingerprint density at radius 1 is 1.10 bits per heavy atom. The molecule has 3 N–H and O–H groups in total. The zero-order chi connectivity index (χ0) is 21.1. The van der Waals surface area contributed by atoms with Crippen molar-refractivity contribution in [2.24, 2.45) is 0 Å². The first kappa shape index (κ1) is 20.7. The second-order valence-electron chi connectivity index (χ2n) is 7.92. The maximum atomic E-state index is 12.4. The SMILES string of the molecule is C[C@@H](O)c1ccc(C2(CNC(=O)C(=O)NCc3ccc4c(c3)OCO4)CCCC2)s1. The number of hydrogen-bond acceptors (Lipinski definition) is 6. The molecule has 2 heterocycles. The summed E-state index contributed by atoms with van der Waals surface area (Å²) in [5, 5.41) is 15.3. The molecule has 1 aromatic heterocycles. The lowest BCUT2D eigenvalue weighted by Crippen LogP contribution is -2.45. The average molecular weight is 431 g/mol. The Bertz CT molecular complexity index is 933. The van der Waals surface area contributed by atoms with E-state index >= 15 is 0 Å². The van der Waals surface area contributed by atoms with Gasteiger partial charge in [-0.15, -0.1) is 11.3 Å². The molecular weight excluding hydrogens is 404 g/mol. The number of thiophene rings is 1. The van der Waals surface area contributed by atoms with E-state index in [1.54, 1.807) is 30.4 Å². The van der Waals surface area contributed by atoms with E-state index in [0.29, 0.717) is 18.0 Å². The van der Waals surface area contributed by atoms with Crippen molar-refractivity contribution in [3.05, 3.63) is 45.6 Å². The predicted molar refractivity (Wildman–Crippen MR) is 113 cm³/mol. The van der Waals surface area contributed by atoms with E-state index in [0.717, 1.165) is 41.0 Å². The van der Waals surface area contributed by atoms with Gasteiger partial charge in [0.1, 0.15) is 0 Å². The molecule has 30 heavy (non-hydrogen) atoms. The zero-order valence-electron chi connectivity index (χ0n) is 16.9. The zero-order valence-corrected chi connectivity index (χ0v) is 17.7. The van der Waals surface area contributed by atoms with Gasteiger partial charge in [0.2, 0.25) is 6.79 Å². The molecule has 0 bridgehead atoms. The van der Waals surface area contributed by atoms with Crippen molar-refractivity contribution in [3.8, 4) is 11.5 Å². The van der Waals surface area contributed by atoms with Crippen molar-refractivity contribution in [1.82, 2.24) is 10.6 Å². The molecule has 2 amide bonds. The van der Waals surface area contributed by atoms with Gasteiger partial charge in [0.05, 0.1) is 6.10 Å². The average Bonchev–Trinajstić information content (AvgIpc) is 3.50. The maximum absolute atomic E-state index is 12.4. The molecule has 0 unspecified atom stereocenters. The van der Waals surface area contributed by atoms with Crippen LogP contribution in [0.1, 0.15) is 54.0 Å². The van der Waals surface area contributed by atoms with Crippen LogP contribution in [0.3, 0.4) is 0 Å². The number of hydrogen-bond donors (Lipinski definition) is 3. The minimum atomic E-state index is -0.656. The smallest absolute Gasteiger partial charge is 0.309 e. The lowest BCUT2D eigenvalue weighted by Gasteiger charge is -2.28. The number of amides is 2. The molecule has 160 valence electrons. The number of fused-ring (bicyclic) bond motifs is 1. The van der Waals surface area contributed by atoms with Crippen LogP contribution in [0, 0.1) is 0 Å². The molecule has 4 rings (SSSR count). The number of benzene rings is 1. The summed E-state index contributed by atoms with van der Waals surface area (Å²) in [7, 11) is 0. The van der Waals surface area contributed by atoms with Crippen molar-refractivity contribution in [3.63, 3.8) is 0 Å². The van der Waals surface area contributed by atoms with Crippen LogP contribution in [0.15, 0.2) is 30.3 Å². The van der Waals surface area contributed by atoms with Crippen LogP contribution in [-0.2, 0) is 21.5 Å². The summed E-state index contributed by atoms with van der Waals surface area (Å²) in [6.07, 6.45) is 3.61. The monoisotopic (exact) mass is 430 g/mol. The van der Waals surface area contributed by atoms with Gasteiger partial charge in [0.15, 0.2) is 11.5 Å². The second kappa shape index (κ2) is 8.65. The third-order valence-corrected chi connectivity index (χ3v) is 7.31. The molecule has 8 heteroatoms. The third kappa shape index (κ3) is 4.29. The summed E-state index contributed by atoms with van der Waals surface area (Å²) >= 11 is 1.59. The van der Waals surface area contributed by atoms with Crippen molar-refractivity contribution >= 4 is 23.2 Å². The van der Waals surface area contributed by atoms with E-state index < -0.39 is 17.9 Å². The molecule has 1 atom stereocenters. The van der Waals surface area contributed by atoms with Gasteiger partial charge in [-0.05, 0) is 49.6 Å². The van der Waals surface area contributed by atoms with E-state index in [9.17, 15) is 14.7 Å². The first-order valence-electron chi connectivity index (χ1n) is 10.2. The minimum absolute atomic E-state index is 0.162. The van der Waals surface area contributed by atoms with Gasteiger partial charge in [-0.2, -0.15) is 0 Å². The Labute approximate surface area is 179 Å². The Morgan fingerprint density at radius 2 is 1.83 bits per heavy atom. The quantitative estimate of drug-likeness (QED) is 0.613. The van der Waals surface area contributed by atoms with Gasteiger partial charge < -0.3 is 25.2 Å². The van der Waals surface area contributed by atoms with Gasteiger partial charge in [-0.3, -0.25) is 9.59 Å². The third-order valence-electron chi connectivity index (χ3n) is 5.81. The van der Waals surface area contributed by atoms with E-state index in [4.69, 9.17) is 9.47 Å². The van der Waals surface area contributed by atoms with Crippen LogP contribution in [0.4, 0.5) is 0 Å². The largest absolute Gasteiger partial charge is 0.454 e. The highest BCUT2D eigenvalue weighted by Gasteiger charge is 2.37. The molecule has 1 aromatic carbocycles. The first-order chi connectivity index (χ1) is 14.5. The predicted octanol–water partition coefficient (Wildman–Crippen LogP) is 2.77. The summed E-state index contributed by atoms with van der Waals surface area (Å²) < 4.78 is 10.6. The second-order valence-corrected chi connectivity index (χ2v) is 9.03. The number of nitrogens with one attached hydrogen (secondary N) is 2. The normalized spacial score (nSPS) is 17.5. The number of carbonyl (C=O) groups excluding carboxylic acids is 2. The molecule has 1 aliphatic carbocycles. The minimum Gasteiger partial charge on any atom is -0.454 e. The van der Waals surface area contributed by atoms with Gasteiger partial charge in [0, 0.05) is 28.3 Å². The van der Waals surface area contributed by atoms with Crippen molar-refractivity contribution in [2.75, 3.05) is 13.3 Å². The summed E-state index contributed by atoms with van der Waals surface area (Å²) in [5.41, 5.74) is 0.669. The Morgan fingerprint density at radius 3 is 2.57 bits per heavy atom. The van der Waals surface area contributed by atoms with Crippen LogP contribution in [0.2, 0.25) is 0 Å². The van der Waals surface area contributed by atoms with Crippen LogP contribution in [0.25, 0.3) is 0 Å². The van der Waals surface area contributed by atoms with Crippen molar-refractivity contribution < 1.29 is 24.2 Å². The van der Waals surface area contributed by atoms with E-state index in [-0.39, 0.29) is 18.8 Å². The molecule has 1 aliphatic heterocycles. The fourth-order valence-corrected chi connectivity index (χ4v) is 5.26. The van der Waals surface area contributed by atoms with Crippen LogP contribution in [-0.4, -0.2) is 30.3 Å². The Balaban J connectivity index is 1.33. The topological polar surface area (TPSA) is 96.9 Å². The summed E-state index contributed by atoms with van der Waals surface area (Å²) in [6.45, 7) is 2.60. The maximum Gasteiger partial charge on any atom is 0.309 e. The standard InChI is InChI=1S/C22H26N2O5S/c1-14(25)18-6-7-19(30-18)22(8-2-3-9-22)12-24-21(27)20(26)23-11-15-4-5-16-17(10-15)29-13-28-16/h4-7,10,14,25H,2-3,8-9,11-13H2,1H3,(H,23,26)(H,24,27)/t14-/m1/s1. The van der Waals surface area contributed by atoms with E-state index in [1.165, 1.54) is 0 Å². The highest BCUT2D eigenvalue weighted by Crippen LogP contribution is 2.44. The lowest BCUT2D eigenvalue weighted by molar-refractivity contribution is -0.139. The van der Waals surface area contributed by atoms with Gasteiger partial charge in [0.25, 0.3) is 0 Å². The van der Waals surface area contributed by atoms with Crippen molar-refractivity contribution in [1.29, 1.82) is 0 Å². The van der Waals surface area contributed by atoms with E-state index in [2.05, 4.69) is 10.6 Å². The lowest BCUT2D eigenvalue weighted by atomic mass is 9.84. The Kier molecular flexibility index (Phi) is 5.97. The number of rotatable bonds is 6. The number of aliphatic hydroxyl groups excluding tert-OH is 1. The molecule has 0 spiro atoms. The number of carbonyl (C=O) groups is 2. The van der Waals surface area contributed by atoms with Crippen LogP contribution >= 0.6 is 11.3 Å². The highest BCUT2D eigenvalue weighted by atomic mass is 32.1. The molecule has 0 radical (unpaired) electrons. The van der Waals surface area contributed by atoms with Gasteiger partial charge >= 0.3 is 11.8 Å². The number of ether oxygens (including phenoxy) is 2. The van der Waals surface area contributed by atoms with Gasteiger partial charge in [-0.25, -0.2) is 0 Å². The summed E-state index contributed by atoms with van der Waals surface area (Å²) in [6, 6.07) is 9.41. The van der Waals surface area contributed by atoms with Crippen molar-refractivity contribution in [2.45, 2.75) is 50.7 Å². The van der Waals surface area contributed by atoms with Gasteiger partial charge in [-0.1, -0.05) is 18.9 Å². The Hall–Kier alpha value is -2.58. The molecule has 7 nitrogen and oxygen atoms in total. The van der Waals surface area contributed by atoms with E-state index in [1.807, 2.05) is 18.2 Å². The molecule has 2 aromatic rings. The molecule has 2 aliphatic rings. The van der Waals surface area contributed by atoms with Crippen LogP contribution < -0.4 is 20.1 Å². The molecular formula is C22H26N2O5S. The van der Waals surface area contributed by atoms with Crippen LogP contribution in [0.5, 0.6) is 11.5 Å².